The van der Waals surface area contributed by atoms with Crippen molar-refractivity contribution in [2.24, 2.45) is 0 Å². The number of fused-ring (bicyclic) bond motifs is 2. The summed E-state index contributed by atoms with van der Waals surface area (Å²) in [5, 5.41) is 2.63. The van der Waals surface area contributed by atoms with Crippen LogP contribution in [0.15, 0.2) is 53.2 Å². The number of nitrogens with one attached hydrogen (secondary N) is 1. The molecule has 6 heteroatoms. The van der Waals surface area contributed by atoms with Crippen molar-refractivity contribution in [3.05, 3.63) is 70.7 Å². The number of hydrogen-bond donors (Lipinski definition) is 1. The highest BCUT2D eigenvalue weighted by Crippen LogP contribution is 2.31. The van der Waals surface area contributed by atoms with Gasteiger partial charge in [-0.25, -0.2) is 4.98 Å². The van der Waals surface area contributed by atoms with Crippen molar-refractivity contribution < 1.29 is 9.21 Å². The van der Waals surface area contributed by atoms with Crippen molar-refractivity contribution in [1.82, 2.24) is 14.9 Å². The molecule has 0 aliphatic carbocycles. The topological polar surface area (TPSA) is 62.1 Å². The highest BCUT2D eigenvalue weighted by Gasteiger charge is 2.25. The Bertz CT molecular complexity index is 1250. The first-order valence-corrected chi connectivity index (χ1v) is 9.59. The number of rotatable bonds is 2. The van der Waals surface area contributed by atoms with E-state index < -0.39 is 0 Å². The summed E-state index contributed by atoms with van der Waals surface area (Å²) in [7, 11) is 0. The summed E-state index contributed by atoms with van der Waals surface area (Å²) in [5.41, 5.74) is 4.79. The van der Waals surface area contributed by atoms with E-state index in [-0.39, 0.29) is 5.91 Å². The first-order chi connectivity index (χ1) is 13.6. The lowest BCUT2D eigenvalue weighted by atomic mass is 9.99. The number of halogens is 1. The van der Waals surface area contributed by atoms with Crippen LogP contribution in [0.2, 0.25) is 5.02 Å². The number of H-pyrrole nitrogens is 1. The Morgan fingerprint density at radius 3 is 3.00 bits per heavy atom. The number of amides is 1. The molecule has 0 bridgehead atoms. The number of aromatic nitrogens is 2. The Balaban J connectivity index is 1.42. The maximum Gasteiger partial charge on any atom is 0.290 e. The van der Waals surface area contributed by atoms with E-state index >= 15 is 0 Å². The van der Waals surface area contributed by atoms with Crippen LogP contribution >= 0.6 is 11.6 Å². The van der Waals surface area contributed by atoms with Gasteiger partial charge in [-0.2, -0.15) is 0 Å². The second-order valence-corrected chi connectivity index (χ2v) is 7.47. The third-order valence-corrected chi connectivity index (χ3v) is 5.62. The van der Waals surface area contributed by atoms with Crippen molar-refractivity contribution >= 4 is 45.1 Å². The molecule has 0 spiro atoms. The second kappa shape index (κ2) is 6.53. The molecule has 0 radical (unpaired) electrons. The third-order valence-electron chi connectivity index (χ3n) is 5.39. The minimum absolute atomic E-state index is 0.0827. The summed E-state index contributed by atoms with van der Waals surface area (Å²) in [6.45, 7) is 3.10. The summed E-state index contributed by atoms with van der Waals surface area (Å²) in [6, 6.07) is 9.42. The molecule has 1 aliphatic heterocycles. The summed E-state index contributed by atoms with van der Waals surface area (Å²) < 4.78 is 5.84. The van der Waals surface area contributed by atoms with E-state index in [2.05, 4.69) is 22.1 Å². The van der Waals surface area contributed by atoms with Crippen molar-refractivity contribution in [2.45, 2.75) is 13.3 Å². The fourth-order valence-corrected chi connectivity index (χ4v) is 4.03. The number of pyridine rings is 1. The van der Waals surface area contributed by atoms with E-state index in [1.54, 1.807) is 18.3 Å². The zero-order chi connectivity index (χ0) is 19.3. The van der Waals surface area contributed by atoms with Crippen LogP contribution in [0.25, 0.3) is 27.6 Å². The van der Waals surface area contributed by atoms with Gasteiger partial charge in [0, 0.05) is 52.4 Å². The monoisotopic (exact) mass is 391 g/mol. The molecule has 28 heavy (non-hydrogen) atoms. The molecule has 1 amide bonds. The molecule has 5 rings (SSSR count). The minimum atomic E-state index is -0.0827. The highest BCUT2D eigenvalue weighted by molar-refractivity contribution is 6.31. The number of furan rings is 1. The van der Waals surface area contributed by atoms with Gasteiger partial charge in [-0.15, -0.1) is 0 Å². The van der Waals surface area contributed by atoms with Gasteiger partial charge in [-0.3, -0.25) is 4.79 Å². The van der Waals surface area contributed by atoms with Crippen LogP contribution < -0.4 is 0 Å². The predicted molar refractivity (Wildman–Crippen MR) is 111 cm³/mol. The van der Waals surface area contributed by atoms with Crippen LogP contribution in [0.5, 0.6) is 0 Å². The SMILES string of the molecule is Cc1c(C(=O)N2CC=C(c3c[nH]c4ncccc34)CC2)oc2ccc(Cl)cc12. The Labute approximate surface area is 166 Å². The average Bonchev–Trinajstić information content (AvgIpc) is 3.29. The van der Waals surface area contributed by atoms with Gasteiger partial charge >= 0.3 is 0 Å². The summed E-state index contributed by atoms with van der Waals surface area (Å²) in [4.78, 5) is 22.4. The van der Waals surface area contributed by atoms with E-state index in [1.807, 2.05) is 30.2 Å². The molecule has 4 aromatic rings. The number of benzene rings is 1. The summed E-state index contributed by atoms with van der Waals surface area (Å²) in [6.07, 6.45) is 6.68. The van der Waals surface area contributed by atoms with Crippen LogP contribution in [0.4, 0.5) is 0 Å². The lowest BCUT2D eigenvalue weighted by molar-refractivity contribution is 0.0742. The van der Waals surface area contributed by atoms with Gasteiger partial charge in [0.1, 0.15) is 11.2 Å². The van der Waals surface area contributed by atoms with Crippen molar-refractivity contribution in [3.8, 4) is 0 Å². The number of carbonyl (C=O) groups excluding carboxylic acids is 1. The van der Waals surface area contributed by atoms with Crippen LogP contribution in [0, 0.1) is 6.92 Å². The van der Waals surface area contributed by atoms with Crippen molar-refractivity contribution in [2.75, 3.05) is 13.1 Å². The normalized spacial score (nSPS) is 14.6. The Kier molecular flexibility index (Phi) is 3.98. The first-order valence-electron chi connectivity index (χ1n) is 9.21. The lowest BCUT2D eigenvalue weighted by Gasteiger charge is -2.26. The number of aryl methyl sites for hydroxylation is 1. The summed E-state index contributed by atoms with van der Waals surface area (Å²) in [5.74, 6) is 0.311. The predicted octanol–water partition coefficient (Wildman–Crippen LogP) is 5.20. The van der Waals surface area contributed by atoms with Crippen LogP contribution in [-0.4, -0.2) is 33.9 Å². The smallest absolute Gasteiger partial charge is 0.290 e. The number of hydrogen-bond acceptors (Lipinski definition) is 3. The molecular weight excluding hydrogens is 374 g/mol. The molecule has 3 aromatic heterocycles. The molecule has 0 fully saturated rings. The van der Waals surface area contributed by atoms with Gasteiger partial charge < -0.3 is 14.3 Å². The van der Waals surface area contributed by atoms with Gasteiger partial charge in [-0.1, -0.05) is 17.7 Å². The fourth-order valence-electron chi connectivity index (χ4n) is 3.86. The van der Waals surface area contributed by atoms with E-state index in [4.69, 9.17) is 16.0 Å². The zero-order valence-electron chi connectivity index (χ0n) is 15.3. The number of nitrogens with zero attached hydrogens (tertiary/aromatic N) is 2. The molecule has 0 saturated carbocycles. The first kappa shape index (κ1) is 17.1. The standard InChI is InChI=1S/C22H18ClN3O2/c1-13-17-11-15(23)4-5-19(17)28-20(13)22(27)26-9-6-14(7-10-26)18-12-25-21-16(18)3-2-8-24-21/h2-6,8,11-12H,7,9-10H2,1H3,(H,24,25). The van der Waals surface area contributed by atoms with Gasteiger partial charge in [0.25, 0.3) is 5.91 Å². The van der Waals surface area contributed by atoms with Crippen LogP contribution in [0.3, 0.4) is 0 Å². The number of carbonyl (C=O) groups is 1. The highest BCUT2D eigenvalue weighted by atomic mass is 35.5. The Morgan fingerprint density at radius 2 is 2.18 bits per heavy atom. The van der Waals surface area contributed by atoms with E-state index in [9.17, 15) is 4.79 Å². The Hall–Kier alpha value is -3.05. The van der Waals surface area contributed by atoms with Crippen LogP contribution in [0.1, 0.15) is 28.1 Å². The molecule has 5 nitrogen and oxygen atoms in total. The van der Waals surface area contributed by atoms with E-state index in [0.29, 0.717) is 29.5 Å². The molecule has 140 valence electrons. The molecule has 0 atom stereocenters. The second-order valence-electron chi connectivity index (χ2n) is 7.03. The van der Waals surface area contributed by atoms with Crippen LogP contribution in [-0.2, 0) is 0 Å². The summed E-state index contributed by atoms with van der Waals surface area (Å²) >= 11 is 6.08. The maximum absolute atomic E-state index is 13.0. The maximum atomic E-state index is 13.0. The van der Waals surface area contributed by atoms with Gasteiger partial charge in [-0.05, 0) is 49.2 Å². The van der Waals surface area contributed by atoms with Gasteiger partial charge in [0.15, 0.2) is 5.76 Å². The molecule has 1 aliphatic rings. The molecule has 0 saturated heterocycles. The largest absolute Gasteiger partial charge is 0.451 e. The van der Waals surface area contributed by atoms with Crippen molar-refractivity contribution in [3.63, 3.8) is 0 Å². The molecule has 1 N–H and O–H groups in total. The number of aromatic amines is 1. The molecule has 0 unspecified atom stereocenters. The minimum Gasteiger partial charge on any atom is -0.451 e. The van der Waals surface area contributed by atoms with E-state index in [1.165, 1.54) is 5.57 Å². The molecule has 1 aromatic carbocycles. The third kappa shape index (κ3) is 2.70. The molecule has 4 heterocycles. The quantitative estimate of drug-likeness (QED) is 0.510. The van der Waals surface area contributed by atoms with Crippen molar-refractivity contribution in [1.29, 1.82) is 0 Å². The van der Waals surface area contributed by atoms with Gasteiger partial charge in [0.05, 0.1) is 0 Å². The average molecular weight is 392 g/mol. The molecular formula is C22H18ClN3O2. The Morgan fingerprint density at radius 1 is 1.29 bits per heavy atom. The lowest BCUT2D eigenvalue weighted by Crippen LogP contribution is -2.34. The van der Waals surface area contributed by atoms with Gasteiger partial charge in [0.2, 0.25) is 0 Å². The van der Waals surface area contributed by atoms with E-state index in [0.717, 1.165) is 34.0 Å². The fraction of sp³-hybridized carbons (Fsp3) is 0.182. The zero-order valence-corrected chi connectivity index (χ0v) is 16.1.